The maximum atomic E-state index is 4.01. The third kappa shape index (κ3) is 6.10. The summed E-state index contributed by atoms with van der Waals surface area (Å²) in [4.78, 5) is 5.03. The van der Waals surface area contributed by atoms with Crippen molar-refractivity contribution in [3.63, 3.8) is 0 Å². The van der Waals surface area contributed by atoms with Crippen LogP contribution in [0, 0.1) is 5.92 Å². The van der Waals surface area contributed by atoms with E-state index in [1.54, 1.807) is 0 Å². The van der Waals surface area contributed by atoms with Gasteiger partial charge in [0.2, 0.25) is 0 Å². The molecule has 0 spiro atoms. The summed E-state index contributed by atoms with van der Waals surface area (Å²) in [5.41, 5.74) is 11.2. The summed E-state index contributed by atoms with van der Waals surface area (Å²) >= 11 is 0. The molecule has 244 valence electrons. The highest BCUT2D eigenvalue weighted by Gasteiger charge is 2.31. The van der Waals surface area contributed by atoms with Crippen molar-refractivity contribution in [1.29, 1.82) is 0 Å². The molecule has 2 nitrogen and oxygen atoms in total. The average molecular weight is 647 g/mol. The Morgan fingerprint density at radius 1 is 0.620 bits per heavy atom. The molecule has 4 aromatic carbocycles. The summed E-state index contributed by atoms with van der Waals surface area (Å²) in [5.74, 6) is 0.311. The first-order valence-electron chi connectivity index (χ1n) is 17.7. The first-order valence-corrected chi connectivity index (χ1v) is 17.7. The third-order valence-corrected chi connectivity index (χ3v) is 10.4. The normalized spacial score (nSPS) is 20.7. The van der Waals surface area contributed by atoms with E-state index in [2.05, 4.69) is 187 Å². The van der Waals surface area contributed by atoms with E-state index in [0.717, 1.165) is 19.3 Å². The Morgan fingerprint density at radius 3 is 2.08 bits per heavy atom. The van der Waals surface area contributed by atoms with E-state index in [1.165, 1.54) is 61.4 Å². The SMILES string of the molecule is C=CC1=CCC(N(c2ccc(-c3ccc(N(C4=CC=C(C=C)CC4)C4C=CC=C5C=CC=CC54)cc3)cc2)c2cccc3ccccc23)C=C1. The average Bonchev–Trinajstić information content (AvgIpc) is 3.19. The first kappa shape index (κ1) is 31.4. The second-order valence-corrected chi connectivity index (χ2v) is 13.3. The van der Waals surface area contributed by atoms with Crippen LogP contribution in [0.15, 0.2) is 212 Å². The van der Waals surface area contributed by atoms with Crippen molar-refractivity contribution in [3.05, 3.63) is 212 Å². The number of hydrogen-bond acceptors (Lipinski definition) is 2. The van der Waals surface area contributed by atoms with Gasteiger partial charge in [0.25, 0.3) is 0 Å². The smallest absolute Gasteiger partial charge is 0.0625 e. The summed E-state index contributed by atoms with van der Waals surface area (Å²) < 4.78 is 0. The second kappa shape index (κ2) is 13.9. The van der Waals surface area contributed by atoms with Crippen LogP contribution in [0.2, 0.25) is 0 Å². The first-order chi connectivity index (χ1) is 24.7. The molecule has 2 heteroatoms. The zero-order valence-electron chi connectivity index (χ0n) is 28.4. The number of fused-ring (bicyclic) bond motifs is 2. The van der Waals surface area contributed by atoms with Gasteiger partial charge in [-0.3, -0.25) is 0 Å². The van der Waals surface area contributed by atoms with Crippen LogP contribution in [0.1, 0.15) is 19.3 Å². The van der Waals surface area contributed by atoms with Gasteiger partial charge in [-0.2, -0.15) is 0 Å². The van der Waals surface area contributed by atoms with Crippen LogP contribution < -0.4 is 9.80 Å². The molecule has 8 rings (SSSR count). The van der Waals surface area contributed by atoms with E-state index in [-0.39, 0.29) is 12.1 Å². The maximum absolute atomic E-state index is 4.01. The highest BCUT2D eigenvalue weighted by atomic mass is 15.2. The molecule has 4 aliphatic rings. The molecule has 50 heavy (non-hydrogen) atoms. The zero-order valence-corrected chi connectivity index (χ0v) is 28.4. The molecule has 0 heterocycles. The predicted molar refractivity (Wildman–Crippen MR) is 215 cm³/mol. The Hall–Kier alpha value is -5.86. The molecule has 0 saturated carbocycles. The lowest BCUT2D eigenvalue weighted by molar-refractivity contribution is 0.609. The fourth-order valence-electron chi connectivity index (χ4n) is 7.76. The van der Waals surface area contributed by atoms with Crippen LogP contribution in [0.25, 0.3) is 21.9 Å². The zero-order chi connectivity index (χ0) is 33.9. The number of hydrogen-bond donors (Lipinski definition) is 0. The van der Waals surface area contributed by atoms with Gasteiger partial charge in [0.05, 0.1) is 12.1 Å². The number of benzene rings is 4. The van der Waals surface area contributed by atoms with Crippen molar-refractivity contribution in [2.45, 2.75) is 31.3 Å². The van der Waals surface area contributed by atoms with E-state index >= 15 is 0 Å². The monoisotopic (exact) mass is 646 g/mol. The lowest BCUT2D eigenvalue weighted by Gasteiger charge is -2.40. The van der Waals surface area contributed by atoms with Crippen LogP contribution in [-0.2, 0) is 0 Å². The number of allylic oxidation sites excluding steroid dienone is 13. The fraction of sp³-hybridized carbons (Fsp3) is 0.125. The van der Waals surface area contributed by atoms with Gasteiger partial charge in [0, 0.05) is 34.1 Å². The van der Waals surface area contributed by atoms with E-state index < -0.39 is 0 Å². The molecule has 0 aromatic heterocycles. The molecule has 0 amide bonds. The van der Waals surface area contributed by atoms with Crippen molar-refractivity contribution in [2.24, 2.45) is 5.92 Å². The van der Waals surface area contributed by atoms with Gasteiger partial charge in [0.15, 0.2) is 0 Å². The molecule has 0 N–H and O–H groups in total. The molecule has 3 atom stereocenters. The molecule has 0 bridgehead atoms. The van der Waals surface area contributed by atoms with Gasteiger partial charge in [-0.1, -0.05) is 153 Å². The summed E-state index contributed by atoms with van der Waals surface area (Å²) in [6.07, 6.45) is 33.9. The number of nitrogens with zero attached hydrogens (tertiary/aromatic N) is 2. The molecular formula is C48H42N2. The van der Waals surface area contributed by atoms with Crippen molar-refractivity contribution in [1.82, 2.24) is 0 Å². The summed E-state index contributed by atoms with van der Waals surface area (Å²) in [7, 11) is 0. The van der Waals surface area contributed by atoms with Crippen LogP contribution in [-0.4, -0.2) is 12.1 Å². The Balaban J connectivity index is 1.11. The fourth-order valence-corrected chi connectivity index (χ4v) is 7.76. The lowest BCUT2D eigenvalue weighted by atomic mass is 9.82. The minimum absolute atomic E-state index is 0.200. The Bertz CT molecular complexity index is 2170. The number of rotatable bonds is 9. The van der Waals surface area contributed by atoms with Crippen molar-refractivity contribution < 1.29 is 0 Å². The Labute approximate surface area is 296 Å². The van der Waals surface area contributed by atoms with E-state index in [0.29, 0.717) is 5.92 Å². The second-order valence-electron chi connectivity index (χ2n) is 13.3. The Kier molecular flexibility index (Phi) is 8.76. The Morgan fingerprint density at radius 2 is 1.38 bits per heavy atom. The predicted octanol–water partition coefficient (Wildman–Crippen LogP) is 12.3. The minimum Gasteiger partial charge on any atom is -0.337 e. The molecule has 4 aromatic rings. The highest BCUT2D eigenvalue weighted by Crippen LogP contribution is 2.40. The van der Waals surface area contributed by atoms with Gasteiger partial charge < -0.3 is 9.80 Å². The summed E-state index contributed by atoms with van der Waals surface area (Å²) in [6.45, 7) is 7.99. The quantitative estimate of drug-likeness (QED) is 0.179. The van der Waals surface area contributed by atoms with E-state index in [9.17, 15) is 0 Å². The number of anilines is 3. The van der Waals surface area contributed by atoms with Crippen molar-refractivity contribution in [3.8, 4) is 11.1 Å². The van der Waals surface area contributed by atoms with Crippen LogP contribution in [0.5, 0.6) is 0 Å². The summed E-state index contributed by atoms with van der Waals surface area (Å²) in [6, 6.07) is 33.9. The van der Waals surface area contributed by atoms with Crippen LogP contribution in [0.4, 0.5) is 17.1 Å². The minimum atomic E-state index is 0.200. The summed E-state index contributed by atoms with van der Waals surface area (Å²) in [5, 5.41) is 2.50. The van der Waals surface area contributed by atoms with Gasteiger partial charge in [-0.25, -0.2) is 0 Å². The topological polar surface area (TPSA) is 6.48 Å². The van der Waals surface area contributed by atoms with Crippen molar-refractivity contribution >= 4 is 27.8 Å². The van der Waals surface area contributed by atoms with E-state index in [4.69, 9.17) is 0 Å². The molecule has 0 fully saturated rings. The molecular weight excluding hydrogens is 605 g/mol. The molecule has 0 radical (unpaired) electrons. The van der Waals surface area contributed by atoms with Gasteiger partial charge in [-0.05, 0) is 88.9 Å². The molecule has 4 aliphatic carbocycles. The lowest BCUT2D eigenvalue weighted by Crippen LogP contribution is -2.40. The van der Waals surface area contributed by atoms with Gasteiger partial charge in [0.1, 0.15) is 0 Å². The van der Waals surface area contributed by atoms with Gasteiger partial charge >= 0.3 is 0 Å². The third-order valence-electron chi connectivity index (χ3n) is 10.4. The standard InChI is InChI=1S/C48H42N2/c1-3-35-19-27-41(28-20-35)49(47-17-9-13-39-11-5-7-15-45(39)47)43-31-23-37(24-32-43)38-25-33-44(34-26-38)50(42-29-21-36(4-2)22-30-42)48-18-10-14-40-12-6-8-16-46(40)48/h3-21,23-27,29,31-34,41,46,48H,1-2,22,28,30H2. The van der Waals surface area contributed by atoms with Gasteiger partial charge in [-0.15, -0.1) is 0 Å². The van der Waals surface area contributed by atoms with Crippen LogP contribution >= 0.6 is 0 Å². The molecule has 0 aliphatic heterocycles. The highest BCUT2D eigenvalue weighted by molar-refractivity contribution is 5.96. The van der Waals surface area contributed by atoms with Crippen LogP contribution in [0.3, 0.4) is 0 Å². The molecule has 3 unspecified atom stereocenters. The van der Waals surface area contributed by atoms with Crippen molar-refractivity contribution in [2.75, 3.05) is 9.80 Å². The molecule has 0 saturated heterocycles. The maximum Gasteiger partial charge on any atom is 0.0625 e. The van der Waals surface area contributed by atoms with E-state index in [1.807, 2.05) is 12.2 Å². The largest absolute Gasteiger partial charge is 0.337 e.